The van der Waals surface area contributed by atoms with E-state index in [1.165, 1.54) is 0 Å². The standard InChI is InChI=1S/C27H30ClN5O3/c1-18-7-12-25(36-3)24(17-18)30-26(34)29-20-8-10-21(11-9-20)32-13-15-33(16-14-32)27(35)31-23-6-4-5-22(28)19(23)2/h4-12,17H,13-16H2,1-3H3,(H,31,35)(H2,29,30,34). The number of ether oxygens (including phenoxy) is 1. The van der Waals surface area contributed by atoms with E-state index in [1.807, 2.05) is 68.4 Å². The zero-order valence-corrected chi connectivity index (χ0v) is 21.4. The average molecular weight is 508 g/mol. The molecule has 0 bridgehead atoms. The van der Waals surface area contributed by atoms with Crippen molar-refractivity contribution in [1.29, 1.82) is 0 Å². The number of rotatable bonds is 5. The second kappa shape index (κ2) is 11.2. The monoisotopic (exact) mass is 507 g/mol. The van der Waals surface area contributed by atoms with Crippen molar-refractivity contribution in [1.82, 2.24) is 4.90 Å². The molecule has 0 radical (unpaired) electrons. The quantitative estimate of drug-likeness (QED) is 0.397. The van der Waals surface area contributed by atoms with Crippen molar-refractivity contribution in [2.45, 2.75) is 13.8 Å². The highest BCUT2D eigenvalue weighted by molar-refractivity contribution is 6.31. The number of aryl methyl sites for hydroxylation is 1. The predicted octanol–water partition coefficient (Wildman–Crippen LogP) is 5.96. The van der Waals surface area contributed by atoms with Crippen molar-refractivity contribution >= 4 is 46.4 Å². The van der Waals surface area contributed by atoms with Gasteiger partial charge in [0.05, 0.1) is 12.8 Å². The lowest BCUT2D eigenvalue weighted by molar-refractivity contribution is 0.208. The molecule has 3 aromatic rings. The van der Waals surface area contributed by atoms with Gasteiger partial charge in [0.2, 0.25) is 0 Å². The summed E-state index contributed by atoms with van der Waals surface area (Å²) in [7, 11) is 1.57. The van der Waals surface area contributed by atoms with Crippen molar-refractivity contribution in [3.8, 4) is 5.75 Å². The number of piperazine rings is 1. The second-order valence-electron chi connectivity index (χ2n) is 8.65. The number of hydrogen-bond donors (Lipinski definition) is 3. The molecule has 36 heavy (non-hydrogen) atoms. The Bertz CT molecular complexity index is 1240. The van der Waals surface area contributed by atoms with E-state index in [9.17, 15) is 9.59 Å². The van der Waals surface area contributed by atoms with E-state index in [1.54, 1.807) is 18.1 Å². The summed E-state index contributed by atoms with van der Waals surface area (Å²) in [6.07, 6.45) is 0. The van der Waals surface area contributed by atoms with Crippen molar-refractivity contribution < 1.29 is 14.3 Å². The number of halogens is 1. The van der Waals surface area contributed by atoms with Gasteiger partial charge in [0, 0.05) is 48.3 Å². The van der Waals surface area contributed by atoms with E-state index < -0.39 is 0 Å². The van der Waals surface area contributed by atoms with Crippen LogP contribution in [-0.4, -0.2) is 50.3 Å². The number of hydrogen-bond acceptors (Lipinski definition) is 4. The number of nitrogens with zero attached hydrogens (tertiary/aromatic N) is 2. The number of carbonyl (C=O) groups is 2. The van der Waals surface area contributed by atoms with Gasteiger partial charge in [-0.3, -0.25) is 0 Å². The molecule has 4 amide bonds. The number of carbonyl (C=O) groups excluding carboxylic acids is 2. The first kappa shape index (κ1) is 25.2. The molecule has 1 fully saturated rings. The molecule has 3 N–H and O–H groups in total. The average Bonchev–Trinajstić information content (AvgIpc) is 2.87. The Morgan fingerprint density at radius 1 is 0.861 bits per heavy atom. The van der Waals surface area contributed by atoms with Gasteiger partial charge in [0.1, 0.15) is 5.75 Å². The lowest BCUT2D eigenvalue weighted by atomic mass is 10.2. The van der Waals surface area contributed by atoms with Crippen LogP contribution in [0.4, 0.5) is 32.3 Å². The molecule has 0 unspecified atom stereocenters. The summed E-state index contributed by atoms with van der Waals surface area (Å²) in [6, 6.07) is 18.3. The maximum Gasteiger partial charge on any atom is 0.323 e. The third-order valence-electron chi connectivity index (χ3n) is 6.17. The van der Waals surface area contributed by atoms with Gasteiger partial charge < -0.3 is 30.5 Å². The number of methoxy groups -OCH3 is 1. The summed E-state index contributed by atoms with van der Waals surface area (Å²) in [6.45, 7) is 6.47. The molecule has 0 saturated carbocycles. The van der Waals surface area contributed by atoms with Gasteiger partial charge in [-0.1, -0.05) is 23.7 Å². The fraction of sp³-hybridized carbons (Fsp3) is 0.259. The fourth-order valence-corrected chi connectivity index (χ4v) is 4.24. The molecule has 0 atom stereocenters. The lowest BCUT2D eigenvalue weighted by Gasteiger charge is -2.36. The summed E-state index contributed by atoms with van der Waals surface area (Å²) >= 11 is 6.16. The van der Waals surface area contributed by atoms with Crippen LogP contribution in [0.1, 0.15) is 11.1 Å². The molecule has 1 heterocycles. The summed E-state index contributed by atoms with van der Waals surface area (Å²) in [5.74, 6) is 0.599. The number of urea groups is 2. The van der Waals surface area contributed by atoms with Gasteiger partial charge >= 0.3 is 12.1 Å². The van der Waals surface area contributed by atoms with E-state index in [-0.39, 0.29) is 12.1 Å². The van der Waals surface area contributed by atoms with Gasteiger partial charge in [0.25, 0.3) is 0 Å². The van der Waals surface area contributed by atoms with Crippen LogP contribution < -0.4 is 25.6 Å². The Balaban J connectivity index is 1.29. The molecule has 3 aromatic carbocycles. The minimum absolute atomic E-state index is 0.129. The van der Waals surface area contributed by atoms with Crippen LogP contribution in [0.25, 0.3) is 0 Å². The van der Waals surface area contributed by atoms with E-state index >= 15 is 0 Å². The van der Waals surface area contributed by atoms with Crippen LogP contribution in [0, 0.1) is 13.8 Å². The Morgan fingerprint density at radius 2 is 1.58 bits per heavy atom. The zero-order valence-electron chi connectivity index (χ0n) is 20.6. The van der Waals surface area contributed by atoms with Crippen LogP contribution in [0.3, 0.4) is 0 Å². The van der Waals surface area contributed by atoms with Crippen molar-refractivity contribution in [3.63, 3.8) is 0 Å². The largest absolute Gasteiger partial charge is 0.495 e. The predicted molar refractivity (Wildman–Crippen MR) is 146 cm³/mol. The molecule has 1 aliphatic heterocycles. The Morgan fingerprint density at radius 3 is 2.28 bits per heavy atom. The fourth-order valence-electron chi connectivity index (χ4n) is 4.06. The maximum atomic E-state index is 12.7. The topological polar surface area (TPSA) is 85.9 Å². The molecule has 0 spiro atoms. The third-order valence-corrected chi connectivity index (χ3v) is 6.58. The molecule has 188 valence electrons. The molecule has 1 aliphatic rings. The highest BCUT2D eigenvalue weighted by Crippen LogP contribution is 2.26. The molecule has 9 heteroatoms. The summed E-state index contributed by atoms with van der Waals surface area (Å²) in [4.78, 5) is 29.2. The number of benzene rings is 3. The van der Waals surface area contributed by atoms with Gasteiger partial charge in [-0.2, -0.15) is 0 Å². The minimum Gasteiger partial charge on any atom is -0.495 e. The van der Waals surface area contributed by atoms with E-state index in [4.69, 9.17) is 16.3 Å². The van der Waals surface area contributed by atoms with E-state index in [0.717, 1.165) is 22.5 Å². The lowest BCUT2D eigenvalue weighted by Crippen LogP contribution is -2.50. The van der Waals surface area contributed by atoms with E-state index in [0.29, 0.717) is 48.3 Å². The van der Waals surface area contributed by atoms with Crippen molar-refractivity contribution in [2.75, 3.05) is 54.1 Å². The van der Waals surface area contributed by atoms with Crippen LogP contribution in [0.15, 0.2) is 60.7 Å². The van der Waals surface area contributed by atoms with Gasteiger partial charge in [-0.25, -0.2) is 9.59 Å². The molecular formula is C27H30ClN5O3. The minimum atomic E-state index is -0.346. The summed E-state index contributed by atoms with van der Waals surface area (Å²) < 4.78 is 5.31. The second-order valence-corrected chi connectivity index (χ2v) is 9.05. The van der Waals surface area contributed by atoms with Gasteiger partial charge in [-0.15, -0.1) is 0 Å². The summed E-state index contributed by atoms with van der Waals surface area (Å²) in [5.41, 5.74) is 4.92. The van der Waals surface area contributed by atoms with E-state index in [2.05, 4.69) is 20.9 Å². The molecule has 1 saturated heterocycles. The zero-order chi connectivity index (χ0) is 25.7. The molecular weight excluding hydrogens is 478 g/mol. The van der Waals surface area contributed by atoms with Gasteiger partial charge in [0.15, 0.2) is 0 Å². The first-order valence-corrected chi connectivity index (χ1v) is 12.1. The summed E-state index contributed by atoms with van der Waals surface area (Å²) in [5, 5.41) is 9.27. The van der Waals surface area contributed by atoms with Crippen molar-refractivity contribution in [2.24, 2.45) is 0 Å². The third kappa shape index (κ3) is 6.01. The van der Waals surface area contributed by atoms with Crippen molar-refractivity contribution in [3.05, 3.63) is 76.8 Å². The van der Waals surface area contributed by atoms with Crippen LogP contribution in [0.2, 0.25) is 5.02 Å². The molecule has 4 rings (SSSR count). The molecule has 0 aliphatic carbocycles. The highest BCUT2D eigenvalue weighted by atomic mass is 35.5. The molecule has 8 nitrogen and oxygen atoms in total. The first-order valence-electron chi connectivity index (χ1n) is 11.7. The first-order chi connectivity index (χ1) is 17.3. The Kier molecular flexibility index (Phi) is 7.85. The highest BCUT2D eigenvalue weighted by Gasteiger charge is 2.22. The van der Waals surface area contributed by atoms with Crippen LogP contribution in [-0.2, 0) is 0 Å². The number of amides is 4. The van der Waals surface area contributed by atoms with Crippen LogP contribution >= 0.6 is 11.6 Å². The van der Waals surface area contributed by atoms with Crippen LogP contribution in [0.5, 0.6) is 5.75 Å². The van der Waals surface area contributed by atoms with Gasteiger partial charge in [-0.05, 0) is 73.5 Å². The normalized spacial score (nSPS) is 13.2. The SMILES string of the molecule is COc1ccc(C)cc1NC(=O)Nc1ccc(N2CCN(C(=O)Nc3cccc(Cl)c3C)CC2)cc1. The molecule has 0 aromatic heterocycles. The Hall–Kier alpha value is -3.91. The number of nitrogens with one attached hydrogen (secondary N) is 3. The maximum absolute atomic E-state index is 12.7. The Labute approximate surface area is 216 Å². The number of anilines is 4. The smallest absolute Gasteiger partial charge is 0.323 e.